The molecule has 2 unspecified atom stereocenters. The highest BCUT2D eigenvalue weighted by Gasteiger charge is 2.35. The fourth-order valence-corrected chi connectivity index (χ4v) is 1.12. The van der Waals surface area contributed by atoms with Gasteiger partial charge in [0.25, 0.3) is 0 Å². The van der Waals surface area contributed by atoms with Crippen molar-refractivity contribution in [1.29, 1.82) is 0 Å². The molecule has 0 bridgehead atoms. The standard InChI is InChI=1S/C8H16O2/c1-2-3-4-5-6-7-8(9)10-7/h7-9H,2-6H2,1H3. The van der Waals surface area contributed by atoms with Crippen LogP contribution in [0, 0.1) is 0 Å². The maximum absolute atomic E-state index is 8.76. The number of hydrogen-bond acceptors (Lipinski definition) is 2. The first-order chi connectivity index (χ1) is 4.84. The Bertz CT molecular complexity index is 93.3. The summed E-state index contributed by atoms with van der Waals surface area (Å²) in [5.41, 5.74) is 0. The lowest BCUT2D eigenvalue weighted by Gasteiger charge is -1.94. The second kappa shape index (κ2) is 3.94. The average molecular weight is 144 g/mol. The number of hydrogen-bond donors (Lipinski definition) is 1. The molecule has 0 saturated carbocycles. The molecule has 2 atom stereocenters. The Morgan fingerprint density at radius 1 is 1.30 bits per heavy atom. The number of aliphatic hydroxyl groups excluding tert-OH is 1. The van der Waals surface area contributed by atoms with Crippen molar-refractivity contribution < 1.29 is 9.84 Å². The van der Waals surface area contributed by atoms with Crippen LogP contribution < -0.4 is 0 Å². The highest BCUT2D eigenvalue weighted by atomic mass is 16.7. The molecule has 10 heavy (non-hydrogen) atoms. The molecule has 0 aromatic carbocycles. The summed E-state index contributed by atoms with van der Waals surface area (Å²) in [6.07, 6.45) is 5.86. The summed E-state index contributed by atoms with van der Waals surface area (Å²) in [6, 6.07) is 0. The fraction of sp³-hybridized carbons (Fsp3) is 1.00. The lowest BCUT2D eigenvalue weighted by molar-refractivity contribution is 0.156. The molecule has 2 nitrogen and oxygen atoms in total. The van der Waals surface area contributed by atoms with Crippen LogP contribution in [0.15, 0.2) is 0 Å². The maximum Gasteiger partial charge on any atom is 0.181 e. The molecule has 1 rings (SSSR count). The summed E-state index contributed by atoms with van der Waals surface area (Å²) in [5.74, 6) is 0. The van der Waals surface area contributed by atoms with Gasteiger partial charge in [0.05, 0.1) is 0 Å². The molecule has 1 saturated heterocycles. The highest BCUT2D eigenvalue weighted by Crippen LogP contribution is 2.24. The summed E-state index contributed by atoms with van der Waals surface area (Å²) in [5, 5.41) is 8.76. The van der Waals surface area contributed by atoms with E-state index in [1.54, 1.807) is 0 Å². The van der Waals surface area contributed by atoms with Gasteiger partial charge in [-0.15, -0.1) is 0 Å². The van der Waals surface area contributed by atoms with Gasteiger partial charge in [-0.3, -0.25) is 0 Å². The van der Waals surface area contributed by atoms with Gasteiger partial charge < -0.3 is 9.84 Å². The van der Waals surface area contributed by atoms with Crippen molar-refractivity contribution in [2.45, 2.75) is 51.4 Å². The maximum atomic E-state index is 8.76. The third-order valence-corrected chi connectivity index (χ3v) is 1.90. The zero-order valence-electron chi connectivity index (χ0n) is 6.55. The van der Waals surface area contributed by atoms with Crippen molar-refractivity contribution >= 4 is 0 Å². The molecule has 0 aromatic heterocycles. The Morgan fingerprint density at radius 2 is 2.00 bits per heavy atom. The first-order valence-corrected chi connectivity index (χ1v) is 4.18. The summed E-state index contributed by atoms with van der Waals surface area (Å²) >= 11 is 0. The zero-order valence-corrected chi connectivity index (χ0v) is 6.55. The van der Waals surface area contributed by atoms with Crippen molar-refractivity contribution in [3.8, 4) is 0 Å². The highest BCUT2D eigenvalue weighted by molar-refractivity contribution is 4.73. The van der Waals surface area contributed by atoms with Gasteiger partial charge in [-0.2, -0.15) is 0 Å². The Morgan fingerprint density at radius 3 is 2.50 bits per heavy atom. The van der Waals surface area contributed by atoms with E-state index in [9.17, 15) is 0 Å². The number of unbranched alkanes of at least 4 members (excludes halogenated alkanes) is 3. The van der Waals surface area contributed by atoms with Gasteiger partial charge in [0.1, 0.15) is 6.10 Å². The van der Waals surface area contributed by atoms with Crippen LogP contribution in [0.2, 0.25) is 0 Å². The smallest absolute Gasteiger partial charge is 0.181 e. The van der Waals surface area contributed by atoms with E-state index in [2.05, 4.69) is 6.92 Å². The van der Waals surface area contributed by atoms with Gasteiger partial charge in [-0.1, -0.05) is 32.6 Å². The molecular formula is C8H16O2. The summed E-state index contributed by atoms with van der Waals surface area (Å²) in [4.78, 5) is 0. The number of aliphatic hydroxyl groups is 1. The van der Waals surface area contributed by atoms with Crippen LogP contribution in [0.4, 0.5) is 0 Å². The lowest BCUT2D eigenvalue weighted by atomic mass is 10.1. The number of epoxide rings is 1. The van der Waals surface area contributed by atoms with E-state index >= 15 is 0 Å². The van der Waals surface area contributed by atoms with Crippen molar-refractivity contribution in [3.05, 3.63) is 0 Å². The Kier molecular flexibility index (Phi) is 3.16. The second-order valence-corrected chi connectivity index (χ2v) is 2.91. The van der Waals surface area contributed by atoms with Crippen LogP contribution in [0.25, 0.3) is 0 Å². The van der Waals surface area contributed by atoms with Gasteiger partial charge >= 0.3 is 0 Å². The van der Waals surface area contributed by atoms with Gasteiger partial charge in [0.15, 0.2) is 6.29 Å². The molecule has 1 fully saturated rings. The van der Waals surface area contributed by atoms with E-state index in [0.717, 1.165) is 6.42 Å². The first-order valence-electron chi connectivity index (χ1n) is 4.18. The molecule has 60 valence electrons. The van der Waals surface area contributed by atoms with Gasteiger partial charge in [0, 0.05) is 0 Å². The van der Waals surface area contributed by atoms with E-state index in [1.807, 2.05) is 0 Å². The van der Waals surface area contributed by atoms with Crippen molar-refractivity contribution in [2.75, 3.05) is 0 Å². The summed E-state index contributed by atoms with van der Waals surface area (Å²) in [6.45, 7) is 2.20. The largest absolute Gasteiger partial charge is 0.366 e. The molecule has 0 aliphatic carbocycles. The predicted octanol–water partition coefficient (Wildman–Crippen LogP) is 1.67. The van der Waals surface area contributed by atoms with Gasteiger partial charge in [-0.05, 0) is 6.42 Å². The normalized spacial score (nSPS) is 30.6. The first kappa shape index (κ1) is 8.02. The second-order valence-electron chi connectivity index (χ2n) is 2.91. The predicted molar refractivity (Wildman–Crippen MR) is 39.6 cm³/mol. The molecule has 0 aromatic rings. The van der Waals surface area contributed by atoms with E-state index < -0.39 is 6.29 Å². The van der Waals surface area contributed by atoms with Crippen LogP contribution in [0.3, 0.4) is 0 Å². The summed E-state index contributed by atoms with van der Waals surface area (Å²) in [7, 11) is 0. The Hall–Kier alpha value is -0.0800. The minimum Gasteiger partial charge on any atom is -0.366 e. The van der Waals surface area contributed by atoms with Gasteiger partial charge in [0.2, 0.25) is 0 Å². The SMILES string of the molecule is CCCCCCC1OC1O. The molecule has 1 aliphatic rings. The monoisotopic (exact) mass is 144 g/mol. The summed E-state index contributed by atoms with van der Waals surface area (Å²) < 4.78 is 4.85. The van der Waals surface area contributed by atoms with Crippen molar-refractivity contribution in [3.63, 3.8) is 0 Å². The van der Waals surface area contributed by atoms with Crippen LogP contribution in [0.5, 0.6) is 0 Å². The van der Waals surface area contributed by atoms with Crippen LogP contribution in [-0.2, 0) is 4.74 Å². The number of rotatable bonds is 5. The molecule has 0 amide bonds. The van der Waals surface area contributed by atoms with Crippen molar-refractivity contribution in [1.82, 2.24) is 0 Å². The molecule has 1 aliphatic heterocycles. The molecule has 0 radical (unpaired) electrons. The van der Waals surface area contributed by atoms with E-state index in [4.69, 9.17) is 9.84 Å². The van der Waals surface area contributed by atoms with Crippen LogP contribution in [0.1, 0.15) is 39.0 Å². The van der Waals surface area contributed by atoms with E-state index in [-0.39, 0.29) is 6.10 Å². The van der Waals surface area contributed by atoms with E-state index in [0.29, 0.717) is 0 Å². The van der Waals surface area contributed by atoms with Crippen LogP contribution in [-0.4, -0.2) is 17.5 Å². The zero-order chi connectivity index (χ0) is 7.40. The third kappa shape index (κ3) is 2.67. The van der Waals surface area contributed by atoms with E-state index in [1.165, 1.54) is 25.7 Å². The molecule has 0 spiro atoms. The average Bonchev–Trinajstić information content (AvgIpc) is 2.60. The minimum absolute atomic E-state index is 0.178. The molecular weight excluding hydrogens is 128 g/mol. The number of ether oxygens (including phenoxy) is 1. The Balaban J connectivity index is 1.78. The lowest BCUT2D eigenvalue weighted by Crippen LogP contribution is -1.91. The molecule has 1 heterocycles. The fourth-order valence-electron chi connectivity index (χ4n) is 1.12. The Labute approximate surface area is 62.2 Å². The topological polar surface area (TPSA) is 32.8 Å². The van der Waals surface area contributed by atoms with Gasteiger partial charge in [-0.25, -0.2) is 0 Å². The molecule has 2 heteroatoms. The quantitative estimate of drug-likeness (QED) is 0.470. The molecule has 1 N–H and O–H groups in total. The minimum atomic E-state index is -0.429. The third-order valence-electron chi connectivity index (χ3n) is 1.90. The van der Waals surface area contributed by atoms with Crippen LogP contribution >= 0.6 is 0 Å². The van der Waals surface area contributed by atoms with Crippen molar-refractivity contribution in [2.24, 2.45) is 0 Å².